The molecular weight excluding hydrogens is 236 g/mol. The lowest BCUT2D eigenvalue weighted by molar-refractivity contribution is 0.00578. The van der Waals surface area contributed by atoms with Gasteiger partial charge in [0, 0.05) is 7.05 Å². The fourth-order valence-electron chi connectivity index (χ4n) is 1.95. The minimum Gasteiger partial charge on any atom is -0.402 e. The second-order valence-electron chi connectivity index (χ2n) is 6.35. The molecule has 1 aliphatic rings. The van der Waals surface area contributed by atoms with Gasteiger partial charge in [0.15, 0.2) is 0 Å². The van der Waals surface area contributed by atoms with Crippen molar-refractivity contribution in [3.05, 3.63) is 0 Å². The molecule has 1 aliphatic heterocycles. The molecule has 0 N–H and O–H groups in total. The third-order valence-electron chi connectivity index (χ3n) is 3.76. The maximum Gasteiger partial charge on any atom is 0.477 e. The first kappa shape index (κ1) is 15.3. The Morgan fingerprint density at radius 1 is 1.12 bits per heavy atom. The van der Waals surface area contributed by atoms with Crippen molar-refractivity contribution in [2.24, 2.45) is 5.92 Å². The zero-order valence-corrected chi connectivity index (χ0v) is 12.8. The molecule has 17 heavy (non-hydrogen) atoms. The molecule has 0 spiro atoms. The van der Waals surface area contributed by atoms with Crippen LogP contribution in [0.15, 0.2) is 0 Å². The second-order valence-corrected chi connectivity index (χ2v) is 6.88. The van der Waals surface area contributed by atoms with Gasteiger partial charge in [-0.2, -0.15) is 0 Å². The van der Waals surface area contributed by atoms with Crippen molar-refractivity contribution < 1.29 is 9.31 Å². The smallest absolute Gasteiger partial charge is 0.402 e. The molecule has 0 aromatic rings. The summed E-state index contributed by atoms with van der Waals surface area (Å²) in [6.07, 6.45) is 0.955. The van der Waals surface area contributed by atoms with Gasteiger partial charge < -0.3 is 9.31 Å². The third-order valence-corrected chi connectivity index (χ3v) is 4.01. The van der Waals surface area contributed by atoms with Crippen LogP contribution < -0.4 is 0 Å². The van der Waals surface area contributed by atoms with Crippen LogP contribution in [0.25, 0.3) is 0 Å². The van der Waals surface area contributed by atoms with Crippen molar-refractivity contribution in [3.8, 4) is 0 Å². The molecule has 100 valence electrons. The van der Waals surface area contributed by atoms with Crippen LogP contribution in [0.1, 0.15) is 48.0 Å². The van der Waals surface area contributed by atoms with Crippen LogP contribution in [0.4, 0.5) is 0 Å². The molecule has 0 aliphatic carbocycles. The molecule has 0 bridgehead atoms. The van der Waals surface area contributed by atoms with Crippen LogP contribution in [-0.4, -0.2) is 35.7 Å². The van der Waals surface area contributed by atoms with E-state index in [9.17, 15) is 0 Å². The number of hydrogen-bond donors (Lipinski definition) is 0. The van der Waals surface area contributed by atoms with Gasteiger partial charge in [-0.1, -0.05) is 13.8 Å². The Morgan fingerprint density at radius 2 is 1.53 bits per heavy atom. The highest BCUT2D eigenvalue weighted by Crippen LogP contribution is 2.39. The summed E-state index contributed by atoms with van der Waals surface area (Å²) in [7, 11) is 1.60. The Balaban J connectivity index is 2.79. The molecule has 1 saturated heterocycles. The van der Waals surface area contributed by atoms with Gasteiger partial charge in [-0.05, 0) is 51.8 Å². The van der Waals surface area contributed by atoms with E-state index in [0.29, 0.717) is 5.92 Å². The predicted molar refractivity (Wildman–Crippen MR) is 72.9 cm³/mol. The lowest BCUT2D eigenvalue weighted by Crippen LogP contribution is -2.43. The summed E-state index contributed by atoms with van der Waals surface area (Å²) in [5, 5.41) is 0. The number of hydrogen-bond acceptors (Lipinski definition) is 3. The summed E-state index contributed by atoms with van der Waals surface area (Å²) in [6, 6.07) is 0. The van der Waals surface area contributed by atoms with Gasteiger partial charge in [-0.15, -0.1) is 0 Å². The van der Waals surface area contributed by atoms with Gasteiger partial charge in [0.05, 0.1) is 17.1 Å². The van der Waals surface area contributed by atoms with E-state index in [-0.39, 0.29) is 24.3 Å². The largest absolute Gasteiger partial charge is 0.477 e. The lowest BCUT2D eigenvalue weighted by atomic mass is 9.74. The zero-order chi connectivity index (χ0) is 13.4. The molecule has 0 saturated carbocycles. The van der Waals surface area contributed by atoms with Gasteiger partial charge in [0.1, 0.15) is 0 Å². The minimum atomic E-state index is -0.292. The highest BCUT2D eigenvalue weighted by molar-refractivity contribution is 6.48. The first-order chi connectivity index (χ1) is 7.57. The zero-order valence-electron chi connectivity index (χ0n) is 12.1. The Labute approximate surface area is 111 Å². The van der Waals surface area contributed by atoms with Gasteiger partial charge in [-0.3, -0.25) is 0 Å². The number of nitrogens with zero attached hydrogens (tertiary/aromatic N) is 1. The van der Waals surface area contributed by atoms with Gasteiger partial charge in [0.25, 0.3) is 0 Å². The van der Waals surface area contributed by atoms with Crippen molar-refractivity contribution in [3.63, 3.8) is 0 Å². The Kier molecular flexibility index (Phi) is 4.57. The molecule has 1 fully saturated rings. The summed E-state index contributed by atoms with van der Waals surface area (Å²) >= 11 is 6.13. The summed E-state index contributed by atoms with van der Waals surface area (Å²) in [5.74, 6) is 0.637. The number of halogens is 1. The van der Waals surface area contributed by atoms with Crippen molar-refractivity contribution >= 4 is 18.9 Å². The number of rotatable bonds is 4. The third kappa shape index (κ3) is 3.37. The normalized spacial score (nSPS) is 24.7. The molecule has 5 heteroatoms. The van der Waals surface area contributed by atoms with Crippen molar-refractivity contribution in [1.82, 2.24) is 4.42 Å². The average Bonchev–Trinajstić information content (AvgIpc) is 2.31. The molecular formula is C12H25BClNO2. The van der Waals surface area contributed by atoms with Gasteiger partial charge in [0.2, 0.25) is 0 Å². The fraction of sp³-hybridized carbons (Fsp3) is 1.00. The summed E-state index contributed by atoms with van der Waals surface area (Å²) in [6.45, 7) is 12.6. The molecule has 0 aromatic carbocycles. The predicted octanol–water partition coefficient (Wildman–Crippen LogP) is 3.12. The van der Waals surface area contributed by atoms with Crippen LogP contribution in [0, 0.1) is 5.92 Å². The van der Waals surface area contributed by atoms with Crippen LogP contribution in [0.3, 0.4) is 0 Å². The van der Waals surface area contributed by atoms with Crippen molar-refractivity contribution in [2.75, 3.05) is 7.05 Å². The van der Waals surface area contributed by atoms with Crippen molar-refractivity contribution in [2.45, 2.75) is 65.1 Å². The highest BCUT2D eigenvalue weighted by Gasteiger charge is 2.54. The standard InChI is InChI=1S/C12H25BClNO2/c1-9(2)8-10(15(7)14)13-16-11(3,4)12(5,6)17-13/h9-10H,8H2,1-7H3. The van der Waals surface area contributed by atoms with E-state index in [4.69, 9.17) is 21.1 Å². The molecule has 1 atom stereocenters. The van der Waals surface area contributed by atoms with E-state index in [2.05, 4.69) is 41.5 Å². The molecule has 1 rings (SSSR count). The minimum absolute atomic E-state index is 0.0812. The fourth-order valence-corrected chi connectivity index (χ4v) is 2.12. The van der Waals surface area contributed by atoms with Crippen LogP contribution in [0.5, 0.6) is 0 Å². The topological polar surface area (TPSA) is 21.7 Å². The molecule has 0 radical (unpaired) electrons. The van der Waals surface area contributed by atoms with E-state index in [1.54, 1.807) is 4.42 Å². The average molecular weight is 262 g/mol. The van der Waals surface area contributed by atoms with E-state index in [1.807, 2.05) is 7.05 Å². The maximum atomic E-state index is 6.13. The van der Waals surface area contributed by atoms with E-state index in [0.717, 1.165) is 6.42 Å². The summed E-state index contributed by atoms with van der Waals surface area (Å²) < 4.78 is 13.8. The summed E-state index contributed by atoms with van der Waals surface area (Å²) in [5.41, 5.74) is -0.584. The van der Waals surface area contributed by atoms with Crippen LogP contribution in [-0.2, 0) is 9.31 Å². The molecule has 1 heterocycles. The molecule has 1 unspecified atom stereocenters. The van der Waals surface area contributed by atoms with Crippen molar-refractivity contribution in [1.29, 1.82) is 0 Å². The van der Waals surface area contributed by atoms with Gasteiger partial charge >= 0.3 is 7.12 Å². The Hall–Kier alpha value is 0.235. The molecule has 0 amide bonds. The Morgan fingerprint density at radius 3 is 1.82 bits per heavy atom. The SMILES string of the molecule is CC(C)CC(B1OC(C)(C)C(C)(C)O1)N(C)Cl. The van der Waals surface area contributed by atoms with Crippen LogP contribution >= 0.6 is 11.8 Å². The molecule has 3 nitrogen and oxygen atoms in total. The van der Waals surface area contributed by atoms with Gasteiger partial charge in [-0.25, -0.2) is 4.42 Å². The molecule has 0 aromatic heterocycles. The highest BCUT2D eigenvalue weighted by atomic mass is 35.5. The van der Waals surface area contributed by atoms with E-state index >= 15 is 0 Å². The first-order valence-corrected chi connectivity index (χ1v) is 6.65. The lowest BCUT2D eigenvalue weighted by Gasteiger charge is -2.32. The van der Waals surface area contributed by atoms with E-state index < -0.39 is 0 Å². The summed E-state index contributed by atoms with van der Waals surface area (Å²) in [4.78, 5) is 0. The van der Waals surface area contributed by atoms with Crippen LogP contribution in [0.2, 0.25) is 0 Å². The monoisotopic (exact) mass is 261 g/mol. The van der Waals surface area contributed by atoms with E-state index in [1.165, 1.54) is 0 Å². The Bertz CT molecular complexity index is 253. The first-order valence-electron chi connectivity index (χ1n) is 6.31. The quantitative estimate of drug-likeness (QED) is 0.573. The second kappa shape index (κ2) is 5.08. The maximum absolute atomic E-state index is 6.13.